The average Bonchev–Trinajstić information content (AvgIpc) is 2.14. The van der Waals surface area contributed by atoms with Crippen LogP contribution in [0.15, 0.2) is 0 Å². The van der Waals surface area contributed by atoms with Crippen LogP contribution >= 0.6 is 11.8 Å². The number of likely N-dealkylation sites (N-methyl/N-ethyl adjacent to an activating group) is 1. The van der Waals surface area contributed by atoms with Gasteiger partial charge in [0.1, 0.15) is 0 Å². The van der Waals surface area contributed by atoms with Crippen LogP contribution < -0.4 is 10.6 Å². The minimum Gasteiger partial charge on any atom is -0.352 e. The predicted molar refractivity (Wildman–Crippen MR) is 63.7 cm³/mol. The summed E-state index contributed by atoms with van der Waals surface area (Å²) < 4.78 is 0. The summed E-state index contributed by atoms with van der Waals surface area (Å²) in [4.78, 5) is 11.7. The average molecular weight is 218 g/mol. The van der Waals surface area contributed by atoms with E-state index in [0.717, 1.165) is 12.2 Å². The molecule has 1 unspecified atom stereocenters. The molecular formula is C10H22N2OS. The van der Waals surface area contributed by atoms with Crippen LogP contribution in [0, 0.1) is 0 Å². The number of amides is 1. The summed E-state index contributed by atoms with van der Waals surface area (Å²) in [5.74, 6) is 1.15. The van der Waals surface area contributed by atoms with Crippen LogP contribution in [0.1, 0.15) is 27.2 Å². The third kappa shape index (κ3) is 4.86. The number of carbonyl (C=O) groups is 1. The first-order valence-corrected chi connectivity index (χ1v) is 6.32. The van der Waals surface area contributed by atoms with Gasteiger partial charge in [0.25, 0.3) is 0 Å². The van der Waals surface area contributed by atoms with Gasteiger partial charge in [-0.2, -0.15) is 11.8 Å². The Morgan fingerprint density at radius 1 is 1.50 bits per heavy atom. The molecule has 0 bridgehead atoms. The van der Waals surface area contributed by atoms with Crippen molar-refractivity contribution in [2.45, 2.75) is 38.8 Å². The van der Waals surface area contributed by atoms with E-state index >= 15 is 0 Å². The number of nitrogens with one attached hydrogen (secondary N) is 2. The highest BCUT2D eigenvalue weighted by Crippen LogP contribution is 2.04. The normalized spacial score (nSPS) is 13.8. The molecule has 2 N–H and O–H groups in total. The van der Waals surface area contributed by atoms with E-state index in [-0.39, 0.29) is 11.9 Å². The van der Waals surface area contributed by atoms with Gasteiger partial charge in [-0.1, -0.05) is 0 Å². The molecule has 0 fully saturated rings. The number of carbonyl (C=O) groups excluding carboxylic acids is 1. The third-order valence-corrected chi connectivity index (χ3v) is 2.97. The van der Waals surface area contributed by atoms with E-state index in [1.54, 1.807) is 18.8 Å². The smallest absolute Gasteiger partial charge is 0.239 e. The topological polar surface area (TPSA) is 41.1 Å². The molecular weight excluding hydrogens is 196 g/mol. The van der Waals surface area contributed by atoms with Crippen molar-refractivity contribution in [1.29, 1.82) is 0 Å². The summed E-state index contributed by atoms with van der Waals surface area (Å²) in [6, 6.07) is 0.252. The maximum absolute atomic E-state index is 11.7. The van der Waals surface area contributed by atoms with Gasteiger partial charge in [-0.15, -0.1) is 0 Å². The van der Waals surface area contributed by atoms with Crippen molar-refractivity contribution in [3.8, 4) is 0 Å². The lowest BCUT2D eigenvalue weighted by Crippen LogP contribution is -2.53. The molecule has 0 saturated heterocycles. The zero-order valence-corrected chi connectivity index (χ0v) is 10.6. The number of hydrogen-bond acceptors (Lipinski definition) is 3. The van der Waals surface area contributed by atoms with Gasteiger partial charge in [-0.3, -0.25) is 4.79 Å². The van der Waals surface area contributed by atoms with Crippen molar-refractivity contribution in [3.05, 3.63) is 0 Å². The van der Waals surface area contributed by atoms with Crippen molar-refractivity contribution >= 4 is 17.7 Å². The van der Waals surface area contributed by atoms with Crippen LogP contribution in [-0.2, 0) is 4.79 Å². The van der Waals surface area contributed by atoms with E-state index < -0.39 is 5.54 Å². The molecule has 84 valence electrons. The lowest BCUT2D eigenvalue weighted by atomic mass is 10.0. The molecule has 0 aliphatic rings. The van der Waals surface area contributed by atoms with E-state index in [1.807, 2.05) is 20.8 Å². The Hall–Kier alpha value is -0.220. The Morgan fingerprint density at radius 3 is 2.50 bits per heavy atom. The molecule has 1 amide bonds. The van der Waals surface area contributed by atoms with E-state index in [1.165, 1.54) is 0 Å². The summed E-state index contributed by atoms with van der Waals surface area (Å²) in [5, 5.41) is 5.98. The molecule has 0 spiro atoms. The Kier molecular flexibility index (Phi) is 6.20. The SMILES string of the molecule is CNC(C)(C)C(=O)NC(C)CCSC. The largest absolute Gasteiger partial charge is 0.352 e. The highest BCUT2D eigenvalue weighted by molar-refractivity contribution is 7.98. The fraction of sp³-hybridized carbons (Fsp3) is 0.900. The molecule has 0 aliphatic heterocycles. The van der Waals surface area contributed by atoms with Crippen LogP contribution in [0.25, 0.3) is 0 Å². The summed E-state index contributed by atoms with van der Waals surface area (Å²) >= 11 is 1.80. The predicted octanol–water partition coefficient (Wildman–Crippen LogP) is 1.24. The van der Waals surface area contributed by atoms with E-state index in [4.69, 9.17) is 0 Å². The van der Waals surface area contributed by atoms with E-state index in [2.05, 4.69) is 16.9 Å². The van der Waals surface area contributed by atoms with Gasteiger partial charge in [0.15, 0.2) is 0 Å². The number of hydrogen-bond donors (Lipinski definition) is 2. The lowest BCUT2D eigenvalue weighted by Gasteiger charge is -2.25. The molecule has 3 nitrogen and oxygen atoms in total. The molecule has 0 aliphatic carbocycles. The first kappa shape index (κ1) is 13.8. The van der Waals surface area contributed by atoms with Gasteiger partial charge in [0.05, 0.1) is 5.54 Å². The molecule has 1 atom stereocenters. The van der Waals surface area contributed by atoms with Gasteiger partial charge < -0.3 is 10.6 Å². The maximum Gasteiger partial charge on any atom is 0.239 e. The zero-order chi connectivity index (χ0) is 11.2. The van der Waals surface area contributed by atoms with E-state index in [9.17, 15) is 4.79 Å². The van der Waals surface area contributed by atoms with Crippen molar-refractivity contribution < 1.29 is 4.79 Å². The first-order valence-electron chi connectivity index (χ1n) is 4.93. The fourth-order valence-corrected chi connectivity index (χ4v) is 1.47. The van der Waals surface area contributed by atoms with Crippen molar-refractivity contribution in [1.82, 2.24) is 10.6 Å². The van der Waals surface area contributed by atoms with Crippen LogP contribution in [-0.4, -0.2) is 36.5 Å². The second-order valence-corrected chi connectivity index (χ2v) is 5.02. The van der Waals surface area contributed by atoms with Gasteiger partial charge in [-0.25, -0.2) is 0 Å². The lowest BCUT2D eigenvalue weighted by molar-refractivity contribution is -0.126. The quantitative estimate of drug-likeness (QED) is 0.705. The highest BCUT2D eigenvalue weighted by Gasteiger charge is 2.25. The molecule has 0 aromatic rings. The van der Waals surface area contributed by atoms with Crippen LogP contribution in [0.2, 0.25) is 0 Å². The van der Waals surface area contributed by atoms with Crippen molar-refractivity contribution in [2.24, 2.45) is 0 Å². The molecule has 0 aromatic carbocycles. The third-order valence-electron chi connectivity index (χ3n) is 2.33. The minimum atomic E-state index is -0.479. The molecule has 0 saturated carbocycles. The fourth-order valence-electron chi connectivity index (χ4n) is 0.885. The summed E-state index contributed by atoms with van der Waals surface area (Å²) in [7, 11) is 1.80. The molecule has 0 radical (unpaired) electrons. The van der Waals surface area contributed by atoms with Gasteiger partial charge in [0, 0.05) is 6.04 Å². The highest BCUT2D eigenvalue weighted by atomic mass is 32.2. The van der Waals surface area contributed by atoms with Crippen LogP contribution in [0.5, 0.6) is 0 Å². The Morgan fingerprint density at radius 2 is 2.07 bits per heavy atom. The molecule has 0 rings (SSSR count). The van der Waals surface area contributed by atoms with Crippen molar-refractivity contribution in [2.75, 3.05) is 19.1 Å². The van der Waals surface area contributed by atoms with Crippen LogP contribution in [0.4, 0.5) is 0 Å². The second-order valence-electron chi connectivity index (χ2n) is 4.03. The van der Waals surface area contributed by atoms with Gasteiger partial charge >= 0.3 is 0 Å². The Bertz CT molecular complexity index is 183. The summed E-state index contributed by atoms with van der Waals surface area (Å²) in [6.45, 7) is 5.80. The first-order chi connectivity index (χ1) is 6.44. The Labute approximate surface area is 91.4 Å². The van der Waals surface area contributed by atoms with E-state index in [0.29, 0.717) is 0 Å². The zero-order valence-electron chi connectivity index (χ0n) is 9.81. The van der Waals surface area contributed by atoms with Gasteiger partial charge in [-0.05, 0) is 46.2 Å². The number of rotatable bonds is 6. The molecule has 14 heavy (non-hydrogen) atoms. The second kappa shape index (κ2) is 6.30. The summed E-state index contributed by atoms with van der Waals surface area (Å²) in [5.41, 5.74) is -0.479. The molecule has 4 heteroatoms. The standard InChI is InChI=1S/C10H22N2OS/c1-8(6-7-14-5)12-9(13)10(2,3)11-4/h8,11H,6-7H2,1-5H3,(H,12,13). The van der Waals surface area contributed by atoms with Crippen LogP contribution in [0.3, 0.4) is 0 Å². The maximum atomic E-state index is 11.7. The van der Waals surface area contributed by atoms with Crippen molar-refractivity contribution in [3.63, 3.8) is 0 Å². The summed E-state index contributed by atoms with van der Waals surface area (Å²) in [6.07, 6.45) is 3.10. The monoisotopic (exact) mass is 218 g/mol. The molecule has 0 aromatic heterocycles. The molecule has 0 heterocycles. The number of thioether (sulfide) groups is 1. The van der Waals surface area contributed by atoms with Gasteiger partial charge in [0.2, 0.25) is 5.91 Å². The Balaban J connectivity index is 3.93. The minimum absolute atomic E-state index is 0.0635.